The van der Waals surface area contributed by atoms with Crippen LogP contribution in [0.3, 0.4) is 0 Å². The van der Waals surface area contributed by atoms with Crippen molar-refractivity contribution in [3.63, 3.8) is 0 Å². The average Bonchev–Trinajstić information content (AvgIpc) is 2.47. The monoisotopic (exact) mass is 319 g/mol. The first-order valence-corrected chi connectivity index (χ1v) is 8.03. The first kappa shape index (κ1) is 16.8. The van der Waals surface area contributed by atoms with Crippen molar-refractivity contribution in [1.29, 1.82) is 5.26 Å². The molecule has 118 valence electrons. The molecule has 1 aromatic carbocycles. The number of likely N-dealkylation sites (tertiary alicyclic amines) is 1. The summed E-state index contributed by atoms with van der Waals surface area (Å²) in [5, 5.41) is 12.9. The number of nitrogens with one attached hydrogen (secondary N) is 1. The van der Waals surface area contributed by atoms with E-state index in [0.717, 1.165) is 31.4 Å². The highest BCUT2D eigenvalue weighted by Crippen LogP contribution is 2.28. The average molecular weight is 320 g/mol. The summed E-state index contributed by atoms with van der Waals surface area (Å²) in [6.07, 6.45) is 2.65. The van der Waals surface area contributed by atoms with E-state index in [1.807, 2.05) is 31.2 Å². The van der Waals surface area contributed by atoms with Gasteiger partial charge in [0, 0.05) is 18.1 Å². The number of benzene rings is 1. The standard InChI is InChI=1S/C17H22ClN3O/c1-17(12-19)7-3-9-21(13-17)11-16(22)20-8-6-14-4-2-5-15(18)10-14/h2,4-5,10H,3,6-9,11,13H2,1H3,(H,20,22). The van der Waals surface area contributed by atoms with E-state index in [4.69, 9.17) is 11.6 Å². The number of nitriles is 1. The van der Waals surface area contributed by atoms with E-state index in [-0.39, 0.29) is 11.3 Å². The van der Waals surface area contributed by atoms with Crippen LogP contribution in [-0.4, -0.2) is 37.0 Å². The molecule has 0 aliphatic carbocycles. The number of hydrogen-bond donors (Lipinski definition) is 1. The maximum atomic E-state index is 12.0. The number of amides is 1. The van der Waals surface area contributed by atoms with E-state index < -0.39 is 0 Å². The fraction of sp³-hybridized carbons (Fsp3) is 0.529. The maximum absolute atomic E-state index is 12.0. The zero-order valence-corrected chi connectivity index (χ0v) is 13.7. The van der Waals surface area contributed by atoms with Crippen LogP contribution in [0.1, 0.15) is 25.3 Å². The highest BCUT2D eigenvalue weighted by Gasteiger charge is 2.31. The Balaban J connectivity index is 1.73. The molecule has 1 N–H and O–H groups in total. The lowest BCUT2D eigenvalue weighted by Crippen LogP contribution is -2.46. The second-order valence-corrected chi connectivity index (χ2v) is 6.65. The second kappa shape index (κ2) is 7.62. The molecule has 2 rings (SSSR count). The Morgan fingerprint density at radius 2 is 2.36 bits per heavy atom. The fourth-order valence-corrected chi connectivity index (χ4v) is 3.08. The van der Waals surface area contributed by atoms with Crippen LogP contribution < -0.4 is 5.32 Å². The van der Waals surface area contributed by atoms with Crippen LogP contribution in [0.15, 0.2) is 24.3 Å². The molecule has 1 aliphatic heterocycles. The van der Waals surface area contributed by atoms with E-state index in [9.17, 15) is 10.1 Å². The molecule has 0 bridgehead atoms. The normalized spacial score (nSPS) is 22.0. The number of hydrogen-bond acceptors (Lipinski definition) is 3. The Bertz CT molecular complexity index is 569. The molecule has 1 heterocycles. The lowest BCUT2D eigenvalue weighted by Gasteiger charge is -2.35. The van der Waals surface area contributed by atoms with Gasteiger partial charge in [-0.25, -0.2) is 0 Å². The number of halogens is 1. The van der Waals surface area contributed by atoms with Gasteiger partial charge >= 0.3 is 0 Å². The van der Waals surface area contributed by atoms with Crippen LogP contribution >= 0.6 is 11.6 Å². The third kappa shape index (κ3) is 5.01. The predicted molar refractivity (Wildman–Crippen MR) is 87.6 cm³/mol. The van der Waals surface area contributed by atoms with Crippen LogP contribution in [0, 0.1) is 16.7 Å². The first-order chi connectivity index (χ1) is 10.5. The number of nitrogens with zero attached hydrogens (tertiary/aromatic N) is 2. The summed E-state index contributed by atoms with van der Waals surface area (Å²) in [7, 11) is 0. The van der Waals surface area contributed by atoms with Gasteiger partial charge in [0.05, 0.1) is 18.0 Å². The van der Waals surface area contributed by atoms with Crippen LogP contribution in [0.4, 0.5) is 0 Å². The van der Waals surface area contributed by atoms with Gasteiger partial charge in [-0.3, -0.25) is 9.69 Å². The molecular weight excluding hydrogens is 298 g/mol. The van der Waals surface area contributed by atoms with Crippen molar-refractivity contribution < 1.29 is 4.79 Å². The zero-order chi connectivity index (χ0) is 16.0. The molecule has 5 heteroatoms. The topological polar surface area (TPSA) is 56.1 Å². The Kier molecular flexibility index (Phi) is 5.82. The van der Waals surface area contributed by atoms with Gasteiger partial charge in [-0.15, -0.1) is 0 Å². The van der Waals surface area contributed by atoms with Gasteiger partial charge in [-0.05, 0) is 50.4 Å². The van der Waals surface area contributed by atoms with Crippen molar-refractivity contribution in [2.75, 3.05) is 26.2 Å². The molecule has 0 saturated carbocycles. The number of carbonyl (C=O) groups is 1. The van der Waals surface area contributed by atoms with E-state index in [1.165, 1.54) is 0 Å². The Hall–Kier alpha value is -1.57. The first-order valence-electron chi connectivity index (χ1n) is 7.65. The van der Waals surface area contributed by atoms with Crippen molar-refractivity contribution in [2.45, 2.75) is 26.2 Å². The van der Waals surface area contributed by atoms with Crippen LogP contribution in [-0.2, 0) is 11.2 Å². The molecule has 1 saturated heterocycles. The van der Waals surface area contributed by atoms with Crippen molar-refractivity contribution in [3.05, 3.63) is 34.9 Å². The molecule has 22 heavy (non-hydrogen) atoms. The summed E-state index contributed by atoms with van der Waals surface area (Å²) >= 11 is 5.94. The molecule has 1 fully saturated rings. The van der Waals surface area contributed by atoms with Crippen molar-refractivity contribution >= 4 is 17.5 Å². The van der Waals surface area contributed by atoms with Gasteiger partial charge in [-0.1, -0.05) is 23.7 Å². The summed E-state index contributed by atoms with van der Waals surface area (Å²) in [6.45, 7) is 4.50. The molecule has 0 spiro atoms. The van der Waals surface area contributed by atoms with E-state index in [2.05, 4.69) is 16.3 Å². The molecular formula is C17H22ClN3O. The van der Waals surface area contributed by atoms with Gasteiger partial charge in [0.25, 0.3) is 0 Å². The van der Waals surface area contributed by atoms with Crippen molar-refractivity contribution in [1.82, 2.24) is 10.2 Å². The quantitative estimate of drug-likeness (QED) is 0.907. The number of carbonyl (C=O) groups excluding carboxylic acids is 1. The van der Waals surface area contributed by atoms with Gasteiger partial charge in [-0.2, -0.15) is 5.26 Å². The zero-order valence-electron chi connectivity index (χ0n) is 12.9. The third-order valence-corrected chi connectivity index (χ3v) is 4.27. The van der Waals surface area contributed by atoms with Crippen LogP contribution in [0.5, 0.6) is 0 Å². The molecule has 1 aromatic rings. The van der Waals surface area contributed by atoms with Crippen LogP contribution in [0.2, 0.25) is 5.02 Å². The highest BCUT2D eigenvalue weighted by molar-refractivity contribution is 6.30. The maximum Gasteiger partial charge on any atom is 0.234 e. The molecule has 0 radical (unpaired) electrons. The Labute approximate surface area is 137 Å². The summed E-state index contributed by atoms with van der Waals surface area (Å²) in [6, 6.07) is 10.0. The molecule has 1 unspecified atom stereocenters. The van der Waals surface area contributed by atoms with E-state index in [1.54, 1.807) is 0 Å². The Morgan fingerprint density at radius 3 is 3.09 bits per heavy atom. The summed E-state index contributed by atoms with van der Waals surface area (Å²) in [4.78, 5) is 14.1. The smallest absolute Gasteiger partial charge is 0.234 e. The van der Waals surface area contributed by atoms with Crippen LogP contribution in [0.25, 0.3) is 0 Å². The minimum atomic E-state index is -0.320. The number of piperidine rings is 1. The summed E-state index contributed by atoms with van der Waals surface area (Å²) in [5.41, 5.74) is 0.794. The van der Waals surface area contributed by atoms with Gasteiger partial charge in [0.15, 0.2) is 0 Å². The van der Waals surface area contributed by atoms with Gasteiger partial charge in [0.2, 0.25) is 5.91 Å². The Morgan fingerprint density at radius 1 is 1.55 bits per heavy atom. The van der Waals surface area contributed by atoms with Crippen molar-refractivity contribution in [2.24, 2.45) is 5.41 Å². The molecule has 1 amide bonds. The number of rotatable bonds is 5. The lowest BCUT2D eigenvalue weighted by atomic mass is 9.83. The van der Waals surface area contributed by atoms with E-state index >= 15 is 0 Å². The van der Waals surface area contributed by atoms with Gasteiger partial charge < -0.3 is 5.32 Å². The third-order valence-electron chi connectivity index (χ3n) is 4.04. The SMILES string of the molecule is CC1(C#N)CCCN(CC(=O)NCCc2cccc(Cl)c2)C1. The minimum Gasteiger partial charge on any atom is -0.355 e. The minimum absolute atomic E-state index is 0.0178. The second-order valence-electron chi connectivity index (χ2n) is 6.22. The highest BCUT2D eigenvalue weighted by atomic mass is 35.5. The largest absolute Gasteiger partial charge is 0.355 e. The molecule has 1 aliphatic rings. The summed E-state index contributed by atoms with van der Waals surface area (Å²) < 4.78 is 0. The van der Waals surface area contributed by atoms with E-state index in [0.29, 0.717) is 24.7 Å². The van der Waals surface area contributed by atoms with Crippen molar-refractivity contribution in [3.8, 4) is 6.07 Å². The summed E-state index contributed by atoms with van der Waals surface area (Å²) in [5.74, 6) is 0.0178. The fourth-order valence-electron chi connectivity index (χ4n) is 2.87. The van der Waals surface area contributed by atoms with Gasteiger partial charge in [0.1, 0.15) is 0 Å². The molecule has 0 aromatic heterocycles. The lowest BCUT2D eigenvalue weighted by molar-refractivity contribution is -0.122. The predicted octanol–water partition coefficient (Wildman–Crippen LogP) is 2.62. The molecule has 4 nitrogen and oxygen atoms in total. The molecule has 1 atom stereocenters.